The average Bonchev–Trinajstić information content (AvgIpc) is 2.94. The number of amides is 1. The molecule has 3 aliphatic rings. The first-order chi connectivity index (χ1) is 13.4. The van der Waals surface area contributed by atoms with Crippen LogP contribution < -0.4 is 5.69 Å². The SMILES string of the molecule is CN1[C@@H]2CN(C(=O)Cn3c(=O)n(C)c4ccccc43)[C@@H]3CCCC[C@H]1[C@]3(C)C2. The Balaban J connectivity index is 1.50. The largest absolute Gasteiger partial charge is 0.336 e. The topological polar surface area (TPSA) is 50.5 Å². The van der Waals surface area contributed by atoms with Crippen LogP contribution in [0, 0.1) is 5.41 Å². The number of benzene rings is 1. The van der Waals surface area contributed by atoms with E-state index in [1.165, 1.54) is 25.7 Å². The van der Waals surface area contributed by atoms with Crippen LogP contribution in [0.1, 0.15) is 39.0 Å². The first kappa shape index (κ1) is 18.0. The van der Waals surface area contributed by atoms with Gasteiger partial charge < -0.3 is 4.90 Å². The molecule has 0 spiro atoms. The zero-order valence-electron chi connectivity index (χ0n) is 17.1. The minimum atomic E-state index is -0.114. The van der Waals surface area contributed by atoms with E-state index in [4.69, 9.17) is 0 Å². The Morgan fingerprint density at radius 1 is 1.11 bits per heavy atom. The Hall–Kier alpha value is -2.08. The number of nitrogens with zero attached hydrogens (tertiary/aromatic N) is 4. The molecule has 28 heavy (non-hydrogen) atoms. The number of aryl methyl sites for hydroxylation is 1. The molecule has 6 nitrogen and oxygen atoms in total. The molecule has 6 heteroatoms. The van der Waals surface area contributed by atoms with E-state index in [0.29, 0.717) is 18.1 Å². The molecule has 1 aromatic heterocycles. The summed E-state index contributed by atoms with van der Waals surface area (Å²) in [5, 5.41) is 0. The number of piperidine rings is 1. The molecule has 0 unspecified atom stereocenters. The van der Waals surface area contributed by atoms with Gasteiger partial charge in [0.1, 0.15) is 6.54 Å². The Labute approximate surface area is 165 Å². The molecule has 1 amide bonds. The van der Waals surface area contributed by atoms with Crippen molar-refractivity contribution in [2.45, 2.75) is 63.7 Å². The molecule has 3 fully saturated rings. The van der Waals surface area contributed by atoms with Crippen LogP contribution >= 0.6 is 0 Å². The second-order valence-electron chi connectivity index (χ2n) is 9.31. The summed E-state index contributed by atoms with van der Waals surface area (Å²) in [6.45, 7) is 3.33. The van der Waals surface area contributed by atoms with E-state index in [-0.39, 0.29) is 23.6 Å². The summed E-state index contributed by atoms with van der Waals surface area (Å²) < 4.78 is 3.29. The highest BCUT2D eigenvalue weighted by atomic mass is 16.2. The quantitative estimate of drug-likeness (QED) is 0.800. The van der Waals surface area contributed by atoms with Crippen LogP contribution in [0.3, 0.4) is 0 Å². The van der Waals surface area contributed by atoms with Crippen molar-refractivity contribution in [2.24, 2.45) is 12.5 Å². The number of carbonyl (C=O) groups excluding carboxylic acids is 1. The van der Waals surface area contributed by atoms with Gasteiger partial charge in [-0.05, 0) is 38.4 Å². The Morgan fingerprint density at radius 2 is 1.79 bits per heavy atom. The normalized spacial score (nSPS) is 32.7. The fourth-order valence-corrected chi connectivity index (χ4v) is 6.48. The van der Waals surface area contributed by atoms with Crippen molar-refractivity contribution in [1.29, 1.82) is 0 Å². The average molecular weight is 383 g/mol. The predicted octanol–water partition coefficient (Wildman–Crippen LogP) is 2.20. The lowest BCUT2D eigenvalue weighted by Gasteiger charge is -2.46. The summed E-state index contributed by atoms with van der Waals surface area (Å²) in [4.78, 5) is 30.9. The van der Waals surface area contributed by atoms with Crippen molar-refractivity contribution in [2.75, 3.05) is 13.6 Å². The third kappa shape index (κ3) is 2.36. The number of rotatable bonds is 2. The predicted molar refractivity (Wildman–Crippen MR) is 109 cm³/mol. The van der Waals surface area contributed by atoms with E-state index in [1.807, 2.05) is 24.3 Å². The lowest BCUT2D eigenvalue weighted by molar-refractivity contribution is -0.139. The zero-order valence-corrected chi connectivity index (χ0v) is 17.1. The fourth-order valence-electron chi connectivity index (χ4n) is 6.48. The molecule has 1 aliphatic carbocycles. The highest BCUT2D eigenvalue weighted by Crippen LogP contribution is 2.52. The highest BCUT2D eigenvalue weighted by molar-refractivity contribution is 5.81. The van der Waals surface area contributed by atoms with Crippen molar-refractivity contribution in [3.05, 3.63) is 34.7 Å². The fraction of sp³-hybridized carbons (Fsp3) is 0.636. The number of hydrogen-bond donors (Lipinski definition) is 0. The Bertz CT molecular complexity index is 992. The van der Waals surface area contributed by atoms with E-state index < -0.39 is 0 Å². The molecule has 0 radical (unpaired) electrons. The zero-order chi connectivity index (χ0) is 19.6. The maximum atomic E-state index is 13.5. The number of fused-ring (bicyclic) bond motifs is 2. The van der Waals surface area contributed by atoms with E-state index in [9.17, 15) is 9.59 Å². The van der Waals surface area contributed by atoms with Crippen LogP contribution in [0.25, 0.3) is 11.0 Å². The number of carbonyl (C=O) groups is 1. The lowest BCUT2D eigenvalue weighted by atomic mass is 9.71. The summed E-state index contributed by atoms with van der Waals surface area (Å²) in [5.41, 5.74) is 1.77. The number of likely N-dealkylation sites (N-methyl/N-ethyl adjacent to an activating group) is 1. The maximum Gasteiger partial charge on any atom is 0.329 e. The summed E-state index contributed by atoms with van der Waals surface area (Å²) in [6.07, 6.45) is 5.96. The molecule has 0 N–H and O–H groups in total. The third-order valence-electron chi connectivity index (χ3n) is 7.92. The second kappa shape index (κ2) is 6.21. The van der Waals surface area contributed by atoms with Crippen LogP contribution in [-0.4, -0.2) is 56.6 Å². The van der Waals surface area contributed by atoms with Gasteiger partial charge in [-0.1, -0.05) is 31.9 Å². The van der Waals surface area contributed by atoms with Crippen molar-refractivity contribution < 1.29 is 4.79 Å². The molecule has 2 saturated heterocycles. The van der Waals surface area contributed by atoms with E-state index >= 15 is 0 Å². The van der Waals surface area contributed by atoms with Crippen molar-refractivity contribution in [3.63, 3.8) is 0 Å². The Kier molecular flexibility index (Phi) is 3.99. The monoisotopic (exact) mass is 382 g/mol. The first-order valence-corrected chi connectivity index (χ1v) is 10.6. The number of para-hydroxylation sites is 2. The minimum absolute atomic E-state index is 0.0929. The van der Waals surface area contributed by atoms with Gasteiger partial charge in [0.05, 0.1) is 11.0 Å². The number of aromatic nitrogens is 2. The molecule has 1 aromatic carbocycles. The van der Waals surface area contributed by atoms with Gasteiger partial charge in [0.25, 0.3) is 0 Å². The number of imidazole rings is 1. The van der Waals surface area contributed by atoms with Gasteiger partial charge in [-0.15, -0.1) is 0 Å². The van der Waals surface area contributed by atoms with Crippen LogP contribution in [0.5, 0.6) is 0 Å². The van der Waals surface area contributed by atoms with Gasteiger partial charge in [-0.3, -0.25) is 18.8 Å². The van der Waals surface area contributed by atoms with Crippen LogP contribution in [0.2, 0.25) is 0 Å². The smallest absolute Gasteiger partial charge is 0.329 e. The number of hydrogen-bond acceptors (Lipinski definition) is 3. The van der Waals surface area contributed by atoms with E-state index in [0.717, 1.165) is 24.0 Å². The second-order valence-corrected chi connectivity index (χ2v) is 9.31. The van der Waals surface area contributed by atoms with Gasteiger partial charge in [0, 0.05) is 37.1 Å². The van der Waals surface area contributed by atoms with Gasteiger partial charge in [0.2, 0.25) is 5.91 Å². The molecule has 2 aromatic rings. The van der Waals surface area contributed by atoms with Crippen LogP contribution in [0.4, 0.5) is 0 Å². The van der Waals surface area contributed by atoms with E-state index in [2.05, 4.69) is 23.8 Å². The van der Waals surface area contributed by atoms with Crippen molar-refractivity contribution in [3.8, 4) is 0 Å². The van der Waals surface area contributed by atoms with Gasteiger partial charge >= 0.3 is 5.69 Å². The van der Waals surface area contributed by atoms with Gasteiger partial charge in [0.15, 0.2) is 0 Å². The molecule has 3 heterocycles. The summed E-state index contributed by atoms with van der Waals surface area (Å²) >= 11 is 0. The third-order valence-corrected chi connectivity index (χ3v) is 7.92. The standard InChI is InChI=1S/C22H30N4O2/c1-22-12-15-13-26(19(22)11-7-6-10-18(22)23(15)2)20(27)14-25-17-9-5-4-8-16(17)24(3)21(25)28/h4-5,8-9,15,18-19H,6-7,10-14H2,1-3H3/t15-,18-,19+,22-/m0/s1. The summed E-state index contributed by atoms with van der Waals surface area (Å²) in [5.74, 6) is 0.0929. The van der Waals surface area contributed by atoms with Crippen molar-refractivity contribution in [1.82, 2.24) is 18.9 Å². The molecule has 5 rings (SSSR count). The number of likely N-dealkylation sites (tertiary alicyclic amines) is 2. The molecule has 4 atom stereocenters. The molecule has 1 saturated carbocycles. The minimum Gasteiger partial charge on any atom is -0.336 e. The highest BCUT2D eigenvalue weighted by Gasteiger charge is 2.58. The molecular weight excluding hydrogens is 352 g/mol. The first-order valence-electron chi connectivity index (χ1n) is 10.6. The van der Waals surface area contributed by atoms with Gasteiger partial charge in [-0.2, -0.15) is 0 Å². The van der Waals surface area contributed by atoms with Crippen LogP contribution in [0.15, 0.2) is 29.1 Å². The van der Waals surface area contributed by atoms with Crippen LogP contribution in [-0.2, 0) is 18.4 Å². The molecule has 2 bridgehead atoms. The molecule has 2 aliphatic heterocycles. The van der Waals surface area contributed by atoms with Crippen molar-refractivity contribution >= 4 is 16.9 Å². The Morgan fingerprint density at radius 3 is 2.54 bits per heavy atom. The maximum absolute atomic E-state index is 13.5. The molecule has 150 valence electrons. The lowest BCUT2D eigenvalue weighted by Crippen LogP contribution is -2.56. The summed E-state index contributed by atoms with van der Waals surface area (Å²) in [6, 6.07) is 9.03. The summed E-state index contributed by atoms with van der Waals surface area (Å²) in [7, 11) is 4.02. The molecular formula is C22H30N4O2. The van der Waals surface area contributed by atoms with Gasteiger partial charge in [-0.25, -0.2) is 4.79 Å². The van der Waals surface area contributed by atoms with E-state index in [1.54, 1.807) is 16.2 Å².